The number of amides is 1. The van der Waals surface area contributed by atoms with Gasteiger partial charge in [0.2, 0.25) is 0 Å². The van der Waals surface area contributed by atoms with Crippen molar-refractivity contribution in [3.63, 3.8) is 0 Å². The first kappa shape index (κ1) is 18.2. The molecule has 146 valence electrons. The normalized spacial score (nSPS) is 21.6. The highest BCUT2D eigenvalue weighted by Gasteiger charge is 2.29. The highest BCUT2D eigenvalue weighted by molar-refractivity contribution is 5.92. The summed E-state index contributed by atoms with van der Waals surface area (Å²) in [5.41, 5.74) is 0.749. The molecule has 0 aliphatic carbocycles. The number of likely N-dealkylation sites (tertiary alicyclic amines) is 2. The third-order valence-electron chi connectivity index (χ3n) is 6.05. The molecule has 27 heavy (non-hydrogen) atoms. The molecule has 0 saturated carbocycles. The summed E-state index contributed by atoms with van der Waals surface area (Å²) < 4.78 is 4.06. The quantitative estimate of drug-likeness (QED) is 0.828. The zero-order valence-corrected chi connectivity index (χ0v) is 16.5. The molecule has 0 N–H and O–H groups in total. The van der Waals surface area contributed by atoms with Crippen LogP contribution in [0.15, 0.2) is 18.3 Å². The third-order valence-corrected chi connectivity index (χ3v) is 6.05. The summed E-state index contributed by atoms with van der Waals surface area (Å²) >= 11 is 0. The highest BCUT2D eigenvalue weighted by Crippen LogP contribution is 2.27. The van der Waals surface area contributed by atoms with Crippen molar-refractivity contribution in [2.75, 3.05) is 26.2 Å². The fraction of sp³-hybridized carbons (Fsp3) is 0.650. The van der Waals surface area contributed by atoms with Gasteiger partial charge in [-0.2, -0.15) is 0 Å². The van der Waals surface area contributed by atoms with E-state index in [0.29, 0.717) is 0 Å². The molecule has 7 nitrogen and oxygen atoms in total. The molecule has 4 rings (SSSR count). The Morgan fingerprint density at radius 3 is 2.67 bits per heavy atom. The van der Waals surface area contributed by atoms with E-state index in [-0.39, 0.29) is 11.8 Å². The third kappa shape index (κ3) is 3.78. The van der Waals surface area contributed by atoms with E-state index >= 15 is 0 Å². The van der Waals surface area contributed by atoms with Crippen LogP contribution in [0.5, 0.6) is 0 Å². The van der Waals surface area contributed by atoms with Crippen LogP contribution in [0.25, 0.3) is 0 Å². The van der Waals surface area contributed by atoms with Gasteiger partial charge < -0.3 is 14.0 Å². The van der Waals surface area contributed by atoms with Gasteiger partial charge in [-0.25, -0.2) is 0 Å². The number of piperidine rings is 2. The van der Waals surface area contributed by atoms with Gasteiger partial charge in [0.1, 0.15) is 17.3 Å². The predicted molar refractivity (Wildman–Crippen MR) is 103 cm³/mol. The van der Waals surface area contributed by atoms with E-state index in [2.05, 4.69) is 26.7 Å². The van der Waals surface area contributed by atoms with Gasteiger partial charge in [0.15, 0.2) is 0 Å². The molecule has 0 spiro atoms. The second-order valence-corrected chi connectivity index (χ2v) is 7.96. The Bertz CT molecular complexity index is 788. The molecule has 2 aromatic rings. The van der Waals surface area contributed by atoms with E-state index in [0.717, 1.165) is 62.9 Å². The number of aryl methyl sites for hydroxylation is 1. The molecule has 2 aliphatic heterocycles. The summed E-state index contributed by atoms with van der Waals surface area (Å²) in [6, 6.07) is 3.81. The minimum absolute atomic E-state index is 0.114. The Morgan fingerprint density at radius 2 is 1.93 bits per heavy atom. The number of carbonyl (C=O) groups excluding carboxylic acids is 1. The van der Waals surface area contributed by atoms with Crippen molar-refractivity contribution in [2.45, 2.75) is 44.6 Å². The molecule has 1 amide bonds. The average molecular weight is 371 g/mol. The zero-order valence-electron chi connectivity index (χ0n) is 16.5. The van der Waals surface area contributed by atoms with E-state index in [4.69, 9.17) is 0 Å². The molecule has 0 radical (unpaired) electrons. The van der Waals surface area contributed by atoms with Crippen LogP contribution in [0, 0.1) is 0 Å². The monoisotopic (exact) mass is 370 g/mol. The summed E-state index contributed by atoms with van der Waals surface area (Å²) in [6.07, 6.45) is 7.90. The fourth-order valence-electron chi connectivity index (χ4n) is 4.40. The lowest BCUT2D eigenvalue weighted by atomic mass is 9.97. The van der Waals surface area contributed by atoms with E-state index in [1.165, 1.54) is 19.3 Å². The van der Waals surface area contributed by atoms with Gasteiger partial charge in [-0.05, 0) is 50.9 Å². The molecule has 2 saturated heterocycles. The molecule has 0 bridgehead atoms. The molecular formula is C20H30N6O. The number of hydrogen-bond donors (Lipinski definition) is 0. The van der Waals surface area contributed by atoms with Crippen LogP contribution >= 0.6 is 0 Å². The number of nitrogens with zero attached hydrogens (tertiary/aromatic N) is 6. The molecular weight excluding hydrogens is 340 g/mol. The van der Waals surface area contributed by atoms with Crippen LogP contribution in [-0.4, -0.2) is 61.2 Å². The molecule has 7 heteroatoms. The van der Waals surface area contributed by atoms with Crippen LogP contribution in [0.1, 0.15) is 60.2 Å². The Labute approximate surface area is 161 Å². The topological polar surface area (TPSA) is 59.2 Å². The van der Waals surface area contributed by atoms with Crippen molar-refractivity contribution in [3.05, 3.63) is 35.7 Å². The average Bonchev–Trinajstić information content (AvgIpc) is 3.28. The lowest BCUT2D eigenvalue weighted by Crippen LogP contribution is -2.40. The highest BCUT2D eigenvalue weighted by atomic mass is 16.2. The van der Waals surface area contributed by atoms with E-state index in [1.54, 1.807) is 0 Å². The van der Waals surface area contributed by atoms with E-state index in [1.807, 2.05) is 34.8 Å². The van der Waals surface area contributed by atoms with Crippen molar-refractivity contribution >= 4 is 5.91 Å². The SMILES string of the molecule is Cn1cccc1C(=O)N1CCCC(c2nnc(CN3CCCCC3)n2C)C1. The largest absolute Gasteiger partial charge is 0.347 e. The van der Waals surface area contributed by atoms with Crippen molar-refractivity contribution in [3.8, 4) is 0 Å². The Morgan fingerprint density at radius 1 is 1.11 bits per heavy atom. The minimum Gasteiger partial charge on any atom is -0.347 e. The first-order valence-corrected chi connectivity index (χ1v) is 10.1. The molecule has 4 heterocycles. The Kier molecular flexibility index (Phi) is 5.29. The standard InChI is InChI=1S/C20H30N6O/c1-23-10-7-9-17(23)20(27)26-13-6-8-16(14-26)19-22-21-18(24(19)2)15-25-11-4-3-5-12-25/h7,9-10,16H,3-6,8,11-15H2,1-2H3. The minimum atomic E-state index is 0.114. The van der Waals surface area contributed by atoms with Crippen LogP contribution < -0.4 is 0 Å². The molecule has 1 atom stereocenters. The summed E-state index contributed by atoms with van der Waals surface area (Å²) in [6.45, 7) is 4.73. The summed E-state index contributed by atoms with van der Waals surface area (Å²) in [5.74, 6) is 2.43. The number of aromatic nitrogens is 4. The molecule has 1 unspecified atom stereocenters. The second kappa shape index (κ2) is 7.84. The van der Waals surface area contributed by atoms with Crippen LogP contribution in [0.3, 0.4) is 0 Å². The van der Waals surface area contributed by atoms with Gasteiger partial charge in [-0.1, -0.05) is 6.42 Å². The van der Waals surface area contributed by atoms with Crippen molar-refractivity contribution in [2.24, 2.45) is 14.1 Å². The molecule has 2 aromatic heterocycles. The van der Waals surface area contributed by atoms with Crippen molar-refractivity contribution in [1.82, 2.24) is 29.1 Å². The van der Waals surface area contributed by atoms with Gasteiger partial charge in [-0.15, -0.1) is 10.2 Å². The lowest BCUT2D eigenvalue weighted by molar-refractivity contribution is 0.0693. The summed E-state index contributed by atoms with van der Waals surface area (Å²) in [4.78, 5) is 17.3. The van der Waals surface area contributed by atoms with Gasteiger partial charge in [0, 0.05) is 39.3 Å². The van der Waals surface area contributed by atoms with E-state index < -0.39 is 0 Å². The fourth-order valence-corrected chi connectivity index (χ4v) is 4.40. The first-order chi connectivity index (χ1) is 13.1. The Balaban J connectivity index is 1.45. The van der Waals surface area contributed by atoms with Gasteiger partial charge in [0.25, 0.3) is 5.91 Å². The number of hydrogen-bond acceptors (Lipinski definition) is 4. The van der Waals surface area contributed by atoms with E-state index in [9.17, 15) is 4.79 Å². The number of carbonyl (C=O) groups is 1. The lowest BCUT2D eigenvalue weighted by Gasteiger charge is -2.32. The zero-order chi connectivity index (χ0) is 18.8. The van der Waals surface area contributed by atoms with Crippen molar-refractivity contribution < 1.29 is 4.79 Å². The van der Waals surface area contributed by atoms with Crippen LogP contribution in [0.2, 0.25) is 0 Å². The maximum Gasteiger partial charge on any atom is 0.270 e. The smallest absolute Gasteiger partial charge is 0.270 e. The van der Waals surface area contributed by atoms with Gasteiger partial charge in [-0.3, -0.25) is 9.69 Å². The predicted octanol–water partition coefficient (Wildman–Crippen LogP) is 2.16. The van der Waals surface area contributed by atoms with Gasteiger partial charge in [0.05, 0.1) is 6.54 Å². The van der Waals surface area contributed by atoms with Crippen LogP contribution in [0.4, 0.5) is 0 Å². The van der Waals surface area contributed by atoms with Gasteiger partial charge >= 0.3 is 0 Å². The number of rotatable bonds is 4. The Hall–Kier alpha value is -2.15. The molecule has 2 fully saturated rings. The molecule has 2 aliphatic rings. The molecule has 0 aromatic carbocycles. The second-order valence-electron chi connectivity index (χ2n) is 7.96. The first-order valence-electron chi connectivity index (χ1n) is 10.1. The summed E-state index contributed by atoms with van der Waals surface area (Å²) in [7, 11) is 4.00. The van der Waals surface area contributed by atoms with Crippen molar-refractivity contribution in [1.29, 1.82) is 0 Å². The maximum atomic E-state index is 12.9. The summed E-state index contributed by atoms with van der Waals surface area (Å²) in [5, 5.41) is 9.00. The maximum absolute atomic E-state index is 12.9. The van der Waals surface area contributed by atoms with Crippen LogP contribution in [-0.2, 0) is 20.6 Å².